The van der Waals surface area contributed by atoms with Gasteiger partial charge < -0.3 is 39.0 Å². The second-order valence-electron chi connectivity index (χ2n) is 13.8. The van der Waals surface area contributed by atoms with E-state index in [4.69, 9.17) is 23.7 Å². The average molecular weight is 686 g/mol. The SMILES string of the molecule is CC.CO[C@]1(OC2CCC(C)OC2O)C[C@@H](C)C(=O)C(C)C(O)[C@](C)(O)COC(=O)C(C)[C@@H](OC(=O)Cn2cc(C(C)C)nn2)[C@H](C)C1. The number of aromatic nitrogens is 3. The smallest absolute Gasteiger partial charge is 0.328 e. The van der Waals surface area contributed by atoms with Crippen LogP contribution < -0.4 is 0 Å². The lowest BCUT2D eigenvalue weighted by molar-refractivity contribution is -0.319. The summed E-state index contributed by atoms with van der Waals surface area (Å²) < 4.78 is 30.8. The first-order valence-corrected chi connectivity index (χ1v) is 17.2. The summed E-state index contributed by atoms with van der Waals surface area (Å²) in [4.78, 5) is 40.2. The van der Waals surface area contributed by atoms with Crippen LogP contribution in [-0.4, -0.2) is 104 Å². The summed E-state index contributed by atoms with van der Waals surface area (Å²) in [5.74, 6) is -6.62. The normalized spacial score (nSPS) is 37.2. The van der Waals surface area contributed by atoms with Crippen molar-refractivity contribution in [3.05, 3.63) is 11.9 Å². The van der Waals surface area contributed by atoms with Gasteiger partial charge in [-0.3, -0.25) is 14.4 Å². The fraction of sp³-hybridized carbons (Fsp3) is 0.853. The lowest BCUT2D eigenvalue weighted by atomic mass is 9.79. The van der Waals surface area contributed by atoms with Crippen LogP contribution in [0.2, 0.25) is 0 Å². The Balaban J connectivity index is 0.00000392. The van der Waals surface area contributed by atoms with E-state index in [1.807, 2.05) is 34.6 Å². The third-order valence-corrected chi connectivity index (χ3v) is 9.22. The number of carbonyl (C=O) groups is 3. The molecule has 1 aromatic rings. The number of carbonyl (C=O) groups excluding carboxylic acids is 3. The molecule has 14 heteroatoms. The van der Waals surface area contributed by atoms with Gasteiger partial charge >= 0.3 is 11.9 Å². The molecule has 0 amide bonds. The standard InChI is InChI=1S/C32H53N3O11.C2H6/c1-17(2)23-14-35(34-33-23)15-25(36)45-27-19(4)13-32(42-9,46-24-11-10-20(5)44-30(24)40)12-18(3)26(37)21(6)28(38)31(8,41)16-43-29(39)22(27)7;1-2/h14,17-22,24,27-28,30,38,40-41H,10-13,15-16H2,1-9H3;1-2H3/t18-,19-,20?,21?,22?,24?,27+,28?,30?,31-,32+;/m1./s1. The van der Waals surface area contributed by atoms with Gasteiger partial charge in [-0.2, -0.15) is 0 Å². The Labute approximate surface area is 284 Å². The van der Waals surface area contributed by atoms with Crippen LogP contribution in [0.1, 0.15) is 107 Å². The molecule has 11 atom stereocenters. The van der Waals surface area contributed by atoms with Crippen LogP contribution in [0.15, 0.2) is 6.20 Å². The van der Waals surface area contributed by atoms with E-state index < -0.39 is 78.2 Å². The van der Waals surface area contributed by atoms with Crippen molar-refractivity contribution in [1.29, 1.82) is 0 Å². The van der Waals surface area contributed by atoms with Crippen molar-refractivity contribution in [1.82, 2.24) is 15.0 Å². The van der Waals surface area contributed by atoms with Crippen LogP contribution >= 0.6 is 0 Å². The van der Waals surface area contributed by atoms with E-state index in [0.717, 1.165) is 0 Å². The maximum Gasteiger partial charge on any atom is 0.328 e. The summed E-state index contributed by atoms with van der Waals surface area (Å²) in [6, 6.07) is 0. The number of hydrogen-bond acceptors (Lipinski definition) is 13. The predicted octanol–water partition coefficient (Wildman–Crippen LogP) is 3.15. The molecule has 0 bridgehead atoms. The minimum absolute atomic E-state index is 0.00107. The topological polar surface area (TPSA) is 189 Å². The zero-order chi connectivity index (χ0) is 36.6. The van der Waals surface area contributed by atoms with Gasteiger partial charge in [0.2, 0.25) is 0 Å². The zero-order valence-electron chi connectivity index (χ0n) is 30.5. The lowest BCUT2D eigenvalue weighted by Gasteiger charge is -2.44. The van der Waals surface area contributed by atoms with Crippen LogP contribution in [0.4, 0.5) is 0 Å². The minimum Gasteiger partial charge on any atom is -0.462 e. The van der Waals surface area contributed by atoms with Gasteiger partial charge in [-0.15, -0.1) is 5.10 Å². The van der Waals surface area contributed by atoms with Gasteiger partial charge in [-0.1, -0.05) is 53.7 Å². The molecule has 0 aliphatic carbocycles. The summed E-state index contributed by atoms with van der Waals surface area (Å²) in [5, 5.41) is 40.8. The average Bonchev–Trinajstić information content (AvgIpc) is 3.51. The first-order valence-electron chi connectivity index (χ1n) is 17.2. The molecule has 3 N–H and O–H groups in total. The number of cyclic esters (lactones) is 1. The van der Waals surface area contributed by atoms with Crippen molar-refractivity contribution in [2.45, 2.75) is 149 Å². The van der Waals surface area contributed by atoms with E-state index in [2.05, 4.69) is 10.3 Å². The number of methoxy groups -OCH3 is 1. The van der Waals surface area contributed by atoms with Crippen molar-refractivity contribution in [3.8, 4) is 0 Å². The molecule has 14 nitrogen and oxygen atoms in total. The predicted molar refractivity (Wildman–Crippen MR) is 174 cm³/mol. The highest BCUT2D eigenvalue weighted by Crippen LogP contribution is 2.38. The van der Waals surface area contributed by atoms with E-state index >= 15 is 0 Å². The Morgan fingerprint density at radius 3 is 2.29 bits per heavy atom. The van der Waals surface area contributed by atoms with Crippen LogP contribution in [0, 0.1) is 23.7 Å². The summed E-state index contributed by atoms with van der Waals surface area (Å²) in [7, 11) is 1.42. The van der Waals surface area contributed by atoms with Crippen molar-refractivity contribution in [3.63, 3.8) is 0 Å². The molecule has 3 heterocycles. The van der Waals surface area contributed by atoms with Crippen LogP contribution in [-0.2, 0) is 44.6 Å². The lowest BCUT2D eigenvalue weighted by Crippen LogP contribution is -2.53. The number of Topliss-reactive ketones (excluding diaryl/α,β-unsaturated/α-hetero) is 1. The Hall–Kier alpha value is -2.49. The fourth-order valence-electron chi connectivity index (χ4n) is 6.30. The second kappa shape index (κ2) is 18.0. The van der Waals surface area contributed by atoms with Crippen LogP contribution in [0.25, 0.3) is 0 Å². The molecule has 2 aliphatic rings. The van der Waals surface area contributed by atoms with Crippen LogP contribution in [0.3, 0.4) is 0 Å². The summed E-state index contributed by atoms with van der Waals surface area (Å²) >= 11 is 0. The number of ether oxygens (including phenoxy) is 5. The molecule has 6 unspecified atom stereocenters. The second-order valence-corrected chi connectivity index (χ2v) is 13.8. The number of rotatable bonds is 7. The number of nitrogens with zero attached hydrogens (tertiary/aromatic N) is 3. The van der Waals surface area contributed by atoms with Crippen molar-refractivity contribution < 1.29 is 53.4 Å². The van der Waals surface area contributed by atoms with Gasteiger partial charge in [-0.25, -0.2) is 4.68 Å². The number of ketones is 1. The number of esters is 2. The molecule has 48 heavy (non-hydrogen) atoms. The molecule has 2 aliphatic heterocycles. The summed E-state index contributed by atoms with van der Waals surface area (Å²) in [6.45, 7) is 16.7. The maximum absolute atomic E-state index is 13.6. The van der Waals surface area contributed by atoms with Crippen molar-refractivity contribution >= 4 is 17.7 Å². The highest BCUT2D eigenvalue weighted by atomic mass is 16.7. The molecular weight excluding hydrogens is 626 g/mol. The molecule has 3 rings (SSSR count). The Morgan fingerprint density at radius 2 is 1.73 bits per heavy atom. The first kappa shape index (κ1) is 41.7. The van der Waals surface area contributed by atoms with E-state index in [1.54, 1.807) is 27.0 Å². The van der Waals surface area contributed by atoms with Gasteiger partial charge in [0, 0.05) is 38.0 Å². The third-order valence-electron chi connectivity index (χ3n) is 9.22. The van der Waals surface area contributed by atoms with Gasteiger partial charge in [0.25, 0.3) is 0 Å². The number of hydrogen-bond donors (Lipinski definition) is 3. The van der Waals surface area contributed by atoms with E-state index in [9.17, 15) is 29.7 Å². The molecule has 0 radical (unpaired) electrons. The molecular formula is C34H59N3O11. The maximum atomic E-state index is 13.6. The first-order chi connectivity index (χ1) is 22.4. The number of aliphatic hydroxyl groups excluding tert-OH is 2. The van der Waals surface area contributed by atoms with Gasteiger partial charge in [0.1, 0.15) is 36.7 Å². The zero-order valence-corrected chi connectivity index (χ0v) is 30.5. The highest BCUT2D eigenvalue weighted by Gasteiger charge is 2.48. The van der Waals surface area contributed by atoms with Gasteiger partial charge in [0.15, 0.2) is 12.1 Å². The molecule has 0 spiro atoms. The van der Waals surface area contributed by atoms with Gasteiger partial charge in [-0.05, 0) is 45.4 Å². The fourth-order valence-corrected chi connectivity index (χ4v) is 6.30. The largest absolute Gasteiger partial charge is 0.462 e. The van der Waals surface area contributed by atoms with E-state index in [0.29, 0.717) is 18.5 Å². The van der Waals surface area contributed by atoms with E-state index in [-0.39, 0.29) is 37.2 Å². The Morgan fingerprint density at radius 1 is 1.08 bits per heavy atom. The molecule has 1 aromatic heterocycles. The quantitative estimate of drug-likeness (QED) is 0.281. The minimum atomic E-state index is -1.96. The van der Waals surface area contributed by atoms with Crippen LogP contribution in [0.5, 0.6) is 0 Å². The summed E-state index contributed by atoms with van der Waals surface area (Å²) in [6.07, 6.45) is -2.08. The number of aliphatic hydroxyl groups is 3. The van der Waals surface area contributed by atoms with Gasteiger partial charge in [0.05, 0.1) is 23.8 Å². The molecule has 2 fully saturated rings. The monoisotopic (exact) mass is 685 g/mol. The molecule has 276 valence electrons. The third kappa shape index (κ3) is 10.8. The molecule has 0 saturated carbocycles. The molecule has 2 saturated heterocycles. The summed E-state index contributed by atoms with van der Waals surface area (Å²) in [5.41, 5.74) is -1.25. The molecule has 0 aromatic carbocycles. The Bertz CT molecular complexity index is 1190. The van der Waals surface area contributed by atoms with Crippen molar-refractivity contribution in [2.24, 2.45) is 23.7 Å². The highest BCUT2D eigenvalue weighted by molar-refractivity contribution is 5.83. The Kier molecular flexibility index (Phi) is 15.6. The van der Waals surface area contributed by atoms with E-state index in [1.165, 1.54) is 25.6 Å². The van der Waals surface area contributed by atoms with Crippen molar-refractivity contribution in [2.75, 3.05) is 13.7 Å².